The lowest BCUT2D eigenvalue weighted by atomic mass is 10.2. The van der Waals surface area contributed by atoms with Crippen molar-refractivity contribution in [2.24, 2.45) is 0 Å². The Morgan fingerprint density at radius 1 is 1.44 bits per heavy atom. The Morgan fingerprint density at radius 3 is 2.61 bits per heavy atom. The third-order valence-corrected chi connectivity index (χ3v) is 2.28. The van der Waals surface area contributed by atoms with Crippen LogP contribution in [0.3, 0.4) is 0 Å². The molecule has 0 aliphatic heterocycles. The molecule has 0 atom stereocenters. The number of hydrogen-bond acceptors (Lipinski definition) is 3. The first-order chi connectivity index (χ1) is 8.45. The molecule has 0 aliphatic rings. The van der Waals surface area contributed by atoms with Crippen LogP contribution in [0.4, 0.5) is 10.1 Å². The Bertz CT molecular complexity index is 461. The molecule has 0 unspecified atom stereocenters. The van der Waals surface area contributed by atoms with Gasteiger partial charge in [0.15, 0.2) is 11.6 Å². The van der Waals surface area contributed by atoms with Gasteiger partial charge in [-0.25, -0.2) is 4.39 Å². The van der Waals surface area contributed by atoms with Gasteiger partial charge in [0.2, 0.25) is 5.91 Å². The molecule has 0 fully saturated rings. The minimum atomic E-state index is -1.22. The Hall–Kier alpha value is -2.11. The standard InChI is InChI=1S/C12H14FNO4/c1-3-18-10-5-4-8(6-9(10)13)14(2)11(15)7-12(16)17/h4-6H,3,7H2,1-2H3,(H,16,17). The van der Waals surface area contributed by atoms with Crippen LogP contribution >= 0.6 is 0 Å². The normalized spacial score (nSPS) is 9.94. The number of benzene rings is 1. The minimum Gasteiger partial charge on any atom is -0.491 e. The van der Waals surface area contributed by atoms with Crippen LogP contribution in [0.1, 0.15) is 13.3 Å². The maximum Gasteiger partial charge on any atom is 0.312 e. The Morgan fingerprint density at radius 2 is 2.11 bits per heavy atom. The molecule has 0 bridgehead atoms. The van der Waals surface area contributed by atoms with Crippen molar-refractivity contribution in [3.63, 3.8) is 0 Å². The summed E-state index contributed by atoms with van der Waals surface area (Å²) in [6.45, 7) is 2.07. The van der Waals surface area contributed by atoms with Gasteiger partial charge in [-0.2, -0.15) is 0 Å². The molecule has 0 saturated heterocycles. The number of anilines is 1. The van der Waals surface area contributed by atoms with Gasteiger partial charge in [-0.05, 0) is 19.1 Å². The van der Waals surface area contributed by atoms with E-state index in [4.69, 9.17) is 9.84 Å². The summed E-state index contributed by atoms with van der Waals surface area (Å²) in [7, 11) is 1.39. The molecule has 5 nitrogen and oxygen atoms in total. The highest BCUT2D eigenvalue weighted by Crippen LogP contribution is 2.23. The van der Waals surface area contributed by atoms with Gasteiger partial charge >= 0.3 is 5.97 Å². The molecular weight excluding hydrogens is 241 g/mol. The monoisotopic (exact) mass is 255 g/mol. The summed E-state index contributed by atoms with van der Waals surface area (Å²) in [5.41, 5.74) is 0.280. The average Bonchev–Trinajstić information content (AvgIpc) is 2.30. The summed E-state index contributed by atoms with van der Waals surface area (Å²) >= 11 is 0. The Kier molecular flexibility index (Phi) is 4.65. The fraction of sp³-hybridized carbons (Fsp3) is 0.333. The fourth-order valence-corrected chi connectivity index (χ4v) is 1.36. The summed E-state index contributed by atoms with van der Waals surface area (Å²) in [6.07, 6.45) is -0.634. The number of hydrogen-bond donors (Lipinski definition) is 1. The molecular formula is C12H14FNO4. The van der Waals surface area contributed by atoms with Crippen molar-refractivity contribution in [1.82, 2.24) is 0 Å². The summed E-state index contributed by atoms with van der Waals surface area (Å²) < 4.78 is 18.6. The molecule has 98 valence electrons. The highest BCUT2D eigenvalue weighted by Gasteiger charge is 2.16. The molecule has 1 amide bonds. The molecule has 0 saturated carbocycles. The third kappa shape index (κ3) is 3.44. The predicted octanol–water partition coefficient (Wildman–Crippen LogP) is 1.66. The largest absolute Gasteiger partial charge is 0.491 e. The van der Waals surface area contributed by atoms with E-state index in [0.29, 0.717) is 6.61 Å². The van der Waals surface area contributed by atoms with Crippen molar-refractivity contribution in [2.45, 2.75) is 13.3 Å². The summed E-state index contributed by atoms with van der Waals surface area (Å²) in [6, 6.07) is 4.03. The molecule has 0 spiro atoms. The molecule has 18 heavy (non-hydrogen) atoms. The number of amides is 1. The zero-order valence-electron chi connectivity index (χ0n) is 10.1. The van der Waals surface area contributed by atoms with Crippen molar-refractivity contribution < 1.29 is 23.8 Å². The molecule has 0 aromatic heterocycles. The lowest BCUT2D eigenvalue weighted by Crippen LogP contribution is -2.28. The van der Waals surface area contributed by atoms with Gasteiger partial charge < -0.3 is 14.7 Å². The highest BCUT2D eigenvalue weighted by atomic mass is 19.1. The van der Waals surface area contributed by atoms with E-state index in [0.717, 1.165) is 11.0 Å². The maximum atomic E-state index is 13.5. The number of carbonyl (C=O) groups is 2. The second-order valence-electron chi connectivity index (χ2n) is 3.57. The van der Waals surface area contributed by atoms with E-state index in [9.17, 15) is 14.0 Å². The SMILES string of the molecule is CCOc1ccc(N(C)C(=O)CC(=O)O)cc1F. The average molecular weight is 255 g/mol. The van der Waals surface area contributed by atoms with E-state index in [2.05, 4.69) is 0 Å². The number of nitrogens with zero attached hydrogens (tertiary/aromatic N) is 1. The minimum absolute atomic E-state index is 0.0975. The number of carbonyl (C=O) groups excluding carboxylic acids is 1. The van der Waals surface area contributed by atoms with Gasteiger partial charge in [0.1, 0.15) is 6.42 Å². The van der Waals surface area contributed by atoms with Gasteiger partial charge in [0.05, 0.1) is 6.61 Å². The quantitative estimate of drug-likeness (QED) is 0.812. The Balaban J connectivity index is 2.87. The van der Waals surface area contributed by atoms with Crippen LogP contribution in [0.15, 0.2) is 18.2 Å². The zero-order chi connectivity index (χ0) is 13.7. The second kappa shape index (κ2) is 6.00. The first-order valence-electron chi connectivity index (χ1n) is 5.36. The fourth-order valence-electron chi connectivity index (χ4n) is 1.36. The van der Waals surface area contributed by atoms with Crippen LogP contribution < -0.4 is 9.64 Å². The molecule has 6 heteroatoms. The molecule has 1 N–H and O–H groups in total. The van der Waals surface area contributed by atoms with Crippen molar-refractivity contribution in [3.8, 4) is 5.75 Å². The van der Waals surface area contributed by atoms with E-state index in [-0.39, 0.29) is 11.4 Å². The van der Waals surface area contributed by atoms with Crippen molar-refractivity contribution in [2.75, 3.05) is 18.6 Å². The molecule has 1 rings (SSSR count). The summed E-state index contributed by atoms with van der Waals surface area (Å²) in [4.78, 5) is 23.0. The number of ether oxygens (including phenoxy) is 1. The topological polar surface area (TPSA) is 66.8 Å². The van der Waals surface area contributed by atoms with Crippen LogP contribution in [0.2, 0.25) is 0 Å². The lowest BCUT2D eigenvalue weighted by molar-refractivity contribution is -0.140. The molecule has 0 radical (unpaired) electrons. The maximum absolute atomic E-state index is 13.5. The molecule has 0 aliphatic carbocycles. The molecule has 0 heterocycles. The van der Waals surface area contributed by atoms with Crippen molar-refractivity contribution >= 4 is 17.6 Å². The number of rotatable bonds is 5. The van der Waals surface area contributed by atoms with E-state index in [1.165, 1.54) is 19.2 Å². The van der Waals surface area contributed by atoms with E-state index < -0.39 is 24.1 Å². The molecule has 1 aromatic rings. The van der Waals surface area contributed by atoms with Gasteiger partial charge in [-0.3, -0.25) is 9.59 Å². The third-order valence-electron chi connectivity index (χ3n) is 2.28. The predicted molar refractivity (Wildman–Crippen MR) is 63.2 cm³/mol. The number of carboxylic acid groups (broad SMARTS) is 1. The number of carboxylic acids is 1. The van der Waals surface area contributed by atoms with Gasteiger partial charge in [0.25, 0.3) is 0 Å². The van der Waals surface area contributed by atoms with Gasteiger partial charge in [-0.1, -0.05) is 0 Å². The van der Waals surface area contributed by atoms with Crippen LogP contribution in [0.25, 0.3) is 0 Å². The summed E-state index contributed by atoms with van der Waals surface area (Å²) in [5, 5.41) is 8.51. The lowest BCUT2D eigenvalue weighted by Gasteiger charge is -2.17. The first-order valence-corrected chi connectivity index (χ1v) is 5.36. The van der Waals surface area contributed by atoms with E-state index in [1.54, 1.807) is 6.92 Å². The smallest absolute Gasteiger partial charge is 0.312 e. The van der Waals surface area contributed by atoms with Crippen molar-refractivity contribution in [1.29, 1.82) is 0 Å². The molecule has 1 aromatic carbocycles. The van der Waals surface area contributed by atoms with Crippen LogP contribution in [-0.4, -0.2) is 30.6 Å². The second-order valence-corrected chi connectivity index (χ2v) is 3.57. The van der Waals surface area contributed by atoms with E-state index >= 15 is 0 Å². The van der Waals surface area contributed by atoms with Gasteiger partial charge in [-0.15, -0.1) is 0 Å². The van der Waals surface area contributed by atoms with Crippen LogP contribution in [-0.2, 0) is 9.59 Å². The van der Waals surface area contributed by atoms with Crippen LogP contribution in [0, 0.1) is 5.82 Å². The van der Waals surface area contributed by atoms with Crippen molar-refractivity contribution in [3.05, 3.63) is 24.0 Å². The van der Waals surface area contributed by atoms with Crippen LogP contribution in [0.5, 0.6) is 5.75 Å². The first kappa shape index (κ1) is 14.0. The highest BCUT2D eigenvalue weighted by molar-refractivity contribution is 6.02. The Labute approximate surface area is 104 Å². The van der Waals surface area contributed by atoms with Gasteiger partial charge in [0, 0.05) is 18.8 Å². The number of halogens is 1. The number of aliphatic carboxylic acids is 1. The zero-order valence-corrected chi connectivity index (χ0v) is 10.1. The van der Waals surface area contributed by atoms with E-state index in [1.807, 2.05) is 0 Å². The summed E-state index contributed by atoms with van der Waals surface area (Å²) in [5.74, 6) is -2.34.